The molecular weight excluding hydrogens is 350 g/mol. The van der Waals surface area contributed by atoms with E-state index in [2.05, 4.69) is 14.9 Å². The van der Waals surface area contributed by atoms with E-state index < -0.39 is 0 Å². The summed E-state index contributed by atoms with van der Waals surface area (Å²) in [6.07, 6.45) is 3.87. The lowest BCUT2D eigenvalue weighted by Crippen LogP contribution is -2.48. The largest absolute Gasteiger partial charge is 0.335 e. The summed E-state index contributed by atoms with van der Waals surface area (Å²) in [5.41, 5.74) is 3.29. The molecule has 1 aliphatic heterocycles. The lowest BCUT2D eigenvalue weighted by Gasteiger charge is -2.34. The zero-order valence-electron chi connectivity index (χ0n) is 14.6. The number of rotatable bonds is 3. The fourth-order valence-corrected chi connectivity index (χ4v) is 3.42. The van der Waals surface area contributed by atoms with Crippen molar-refractivity contribution in [1.29, 1.82) is 0 Å². The first kappa shape index (κ1) is 17.0. The van der Waals surface area contributed by atoms with Gasteiger partial charge in [0.1, 0.15) is 11.3 Å². The van der Waals surface area contributed by atoms with Gasteiger partial charge < -0.3 is 9.30 Å². The average molecular weight is 370 g/mol. The highest BCUT2D eigenvalue weighted by Crippen LogP contribution is 2.14. The predicted molar refractivity (Wildman–Crippen MR) is 100 cm³/mol. The van der Waals surface area contributed by atoms with Gasteiger partial charge in [0.05, 0.1) is 10.7 Å². The molecule has 4 rings (SSSR count). The number of aromatic nitrogens is 3. The van der Waals surface area contributed by atoms with Crippen LogP contribution in [0.1, 0.15) is 21.9 Å². The lowest BCUT2D eigenvalue weighted by molar-refractivity contribution is 0.0621. The van der Waals surface area contributed by atoms with Crippen LogP contribution in [-0.2, 0) is 6.54 Å². The highest BCUT2D eigenvalue weighted by molar-refractivity contribution is 6.30. The van der Waals surface area contributed by atoms with Crippen molar-refractivity contribution in [3.63, 3.8) is 0 Å². The molecule has 1 amide bonds. The molecule has 0 aliphatic carbocycles. The van der Waals surface area contributed by atoms with E-state index in [9.17, 15) is 4.79 Å². The fourth-order valence-electron chi connectivity index (χ4n) is 3.26. The number of amides is 1. The minimum atomic E-state index is 0.00993. The van der Waals surface area contributed by atoms with Crippen LogP contribution in [0.3, 0.4) is 0 Å². The van der Waals surface area contributed by atoms with E-state index in [1.807, 2.05) is 52.9 Å². The molecule has 0 saturated carbocycles. The predicted octanol–water partition coefficient (Wildman–Crippen LogP) is 2.65. The molecule has 7 heteroatoms. The molecule has 3 aromatic heterocycles. The number of fused-ring (bicyclic) bond motifs is 1. The summed E-state index contributed by atoms with van der Waals surface area (Å²) in [4.78, 5) is 25.7. The molecule has 3 aromatic rings. The van der Waals surface area contributed by atoms with Gasteiger partial charge in [-0.1, -0.05) is 17.7 Å². The molecular formula is C19H20ClN5O. The third-order valence-corrected chi connectivity index (χ3v) is 4.84. The average Bonchev–Trinajstić information content (AvgIpc) is 3.03. The van der Waals surface area contributed by atoms with E-state index in [4.69, 9.17) is 11.6 Å². The number of hydrogen-bond acceptors (Lipinski definition) is 4. The Balaban J connectivity index is 1.37. The number of carbonyl (C=O) groups is 1. The van der Waals surface area contributed by atoms with Crippen molar-refractivity contribution < 1.29 is 4.79 Å². The van der Waals surface area contributed by atoms with Gasteiger partial charge in [-0.25, -0.2) is 9.97 Å². The molecule has 1 fully saturated rings. The lowest BCUT2D eigenvalue weighted by atomic mass is 10.2. The van der Waals surface area contributed by atoms with Gasteiger partial charge in [0.2, 0.25) is 0 Å². The van der Waals surface area contributed by atoms with E-state index in [1.54, 1.807) is 6.07 Å². The second-order valence-electron chi connectivity index (χ2n) is 6.58. The van der Waals surface area contributed by atoms with Crippen molar-refractivity contribution in [3.05, 3.63) is 64.8 Å². The number of pyridine rings is 2. The Kier molecular flexibility index (Phi) is 4.61. The molecule has 1 aliphatic rings. The molecule has 0 atom stereocenters. The van der Waals surface area contributed by atoms with Crippen LogP contribution in [0.4, 0.5) is 0 Å². The first-order valence-electron chi connectivity index (χ1n) is 8.67. The van der Waals surface area contributed by atoms with Crippen molar-refractivity contribution in [2.45, 2.75) is 13.5 Å². The maximum atomic E-state index is 12.6. The SMILES string of the molecule is Cc1cccc(C(=O)N2CCN(Cc3cn4cc(Cl)ccc4n3)CC2)n1. The summed E-state index contributed by atoms with van der Waals surface area (Å²) >= 11 is 6.02. The van der Waals surface area contributed by atoms with Gasteiger partial charge in [0.25, 0.3) is 5.91 Å². The standard InChI is InChI=1S/C19H20ClN5O/c1-14-3-2-4-17(21-14)19(26)24-9-7-23(8-10-24)12-16-13-25-11-15(20)5-6-18(25)22-16/h2-6,11,13H,7-10,12H2,1H3. The number of carbonyl (C=O) groups excluding carboxylic acids is 1. The van der Waals surface area contributed by atoms with Crippen LogP contribution in [0.5, 0.6) is 0 Å². The van der Waals surface area contributed by atoms with Crippen LogP contribution in [-0.4, -0.2) is 56.3 Å². The van der Waals surface area contributed by atoms with Gasteiger partial charge in [0.15, 0.2) is 0 Å². The Morgan fingerprint density at radius 1 is 1.08 bits per heavy atom. The summed E-state index contributed by atoms with van der Waals surface area (Å²) in [6, 6.07) is 9.32. The topological polar surface area (TPSA) is 53.7 Å². The van der Waals surface area contributed by atoms with Crippen molar-refractivity contribution in [1.82, 2.24) is 24.2 Å². The second-order valence-corrected chi connectivity index (χ2v) is 7.01. The molecule has 134 valence electrons. The number of piperazine rings is 1. The van der Waals surface area contributed by atoms with Crippen LogP contribution < -0.4 is 0 Å². The van der Waals surface area contributed by atoms with E-state index in [0.717, 1.165) is 36.7 Å². The number of imidazole rings is 1. The molecule has 0 N–H and O–H groups in total. The minimum Gasteiger partial charge on any atom is -0.335 e. The minimum absolute atomic E-state index is 0.00993. The summed E-state index contributed by atoms with van der Waals surface area (Å²) in [6.45, 7) is 5.72. The van der Waals surface area contributed by atoms with E-state index in [1.165, 1.54) is 0 Å². The van der Waals surface area contributed by atoms with Crippen molar-refractivity contribution in [3.8, 4) is 0 Å². The number of halogens is 1. The van der Waals surface area contributed by atoms with E-state index in [-0.39, 0.29) is 5.91 Å². The van der Waals surface area contributed by atoms with Crippen LogP contribution >= 0.6 is 11.6 Å². The van der Waals surface area contributed by atoms with Gasteiger partial charge >= 0.3 is 0 Å². The first-order valence-corrected chi connectivity index (χ1v) is 9.05. The van der Waals surface area contributed by atoms with Gasteiger partial charge in [-0.05, 0) is 31.2 Å². The number of nitrogens with zero attached hydrogens (tertiary/aromatic N) is 5. The summed E-state index contributed by atoms with van der Waals surface area (Å²) in [7, 11) is 0. The van der Waals surface area contributed by atoms with Crippen LogP contribution in [0.25, 0.3) is 5.65 Å². The van der Waals surface area contributed by atoms with Gasteiger partial charge in [-0.2, -0.15) is 0 Å². The van der Waals surface area contributed by atoms with Gasteiger partial charge in [0, 0.05) is 50.8 Å². The Morgan fingerprint density at radius 3 is 2.65 bits per heavy atom. The fraction of sp³-hybridized carbons (Fsp3) is 0.316. The zero-order chi connectivity index (χ0) is 18.1. The molecule has 0 aromatic carbocycles. The molecule has 4 heterocycles. The number of hydrogen-bond donors (Lipinski definition) is 0. The maximum Gasteiger partial charge on any atom is 0.272 e. The highest BCUT2D eigenvalue weighted by atomic mass is 35.5. The van der Waals surface area contributed by atoms with Gasteiger partial charge in [-0.15, -0.1) is 0 Å². The second kappa shape index (κ2) is 7.05. The molecule has 1 saturated heterocycles. The molecule has 26 heavy (non-hydrogen) atoms. The molecule has 0 spiro atoms. The Bertz CT molecular complexity index is 946. The summed E-state index contributed by atoms with van der Waals surface area (Å²) in [5, 5.41) is 0.693. The highest BCUT2D eigenvalue weighted by Gasteiger charge is 2.23. The first-order chi connectivity index (χ1) is 12.6. The smallest absolute Gasteiger partial charge is 0.272 e. The summed E-state index contributed by atoms with van der Waals surface area (Å²) in [5.74, 6) is 0.00993. The van der Waals surface area contributed by atoms with Crippen LogP contribution in [0, 0.1) is 6.92 Å². The third kappa shape index (κ3) is 3.57. The van der Waals surface area contributed by atoms with Gasteiger partial charge in [-0.3, -0.25) is 9.69 Å². The third-order valence-electron chi connectivity index (χ3n) is 4.62. The Morgan fingerprint density at radius 2 is 1.88 bits per heavy atom. The van der Waals surface area contributed by atoms with Crippen molar-refractivity contribution >= 4 is 23.2 Å². The quantitative estimate of drug-likeness (QED) is 0.712. The molecule has 0 bridgehead atoms. The van der Waals surface area contributed by atoms with Crippen LogP contribution in [0.15, 0.2) is 42.7 Å². The Hall–Kier alpha value is -2.44. The monoisotopic (exact) mass is 369 g/mol. The van der Waals surface area contributed by atoms with E-state index >= 15 is 0 Å². The van der Waals surface area contributed by atoms with Crippen molar-refractivity contribution in [2.24, 2.45) is 0 Å². The summed E-state index contributed by atoms with van der Waals surface area (Å²) < 4.78 is 1.95. The maximum absolute atomic E-state index is 12.6. The normalized spacial score (nSPS) is 15.5. The number of aryl methyl sites for hydroxylation is 1. The zero-order valence-corrected chi connectivity index (χ0v) is 15.4. The molecule has 0 unspecified atom stereocenters. The molecule has 0 radical (unpaired) electrons. The van der Waals surface area contributed by atoms with Crippen molar-refractivity contribution in [2.75, 3.05) is 26.2 Å². The van der Waals surface area contributed by atoms with E-state index in [0.29, 0.717) is 23.8 Å². The molecule has 6 nitrogen and oxygen atoms in total. The van der Waals surface area contributed by atoms with Crippen LogP contribution in [0.2, 0.25) is 5.02 Å². The Labute approximate surface area is 157 Å².